The zero-order valence-corrected chi connectivity index (χ0v) is 11.0. The summed E-state index contributed by atoms with van der Waals surface area (Å²) in [6, 6.07) is 3.65. The summed E-state index contributed by atoms with van der Waals surface area (Å²) in [6.07, 6.45) is 0.744. The molecule has 16 heavy (non-hydrogen) atoms. The number of hydrogen-bond donors (Lipinski definition) is 1. The molecule has 1 atom stereocenters. The first-order chi connectivity index (χ1) is 7.50. The van der Waals surface area contributed by atoms with Crippen LogP contribution in [-0.2, 0) is 11.3 Å². The second-order valence-corrected chi connectivity index (χ2v) is 5.54. The molecular weight excluding hydrogens is 220 g/mol. The van der Waals surface area contributed by atoms with Crippen LogP contribution in [0.5, 0.6) is 0 Å². The normalized spacial score (nSPS) is 12.8. The monoisotopic (exact) mass is 240 g/mol. The SMILES string of the molecule is CC(C)C[C@@H](N)C(=O)N(C)Cc1cccs1. The number of likely N-dealkylation sites (N-methyl/N-ethyl adjacent to an activating group) is 1. The predicted octanol–water partition coefficient (Wildman–Crippen LogP) is 2.08. The molecule has 1 aromatic rings. The fourth-order valence-electron chi connectivity index (χ4n) is 1.61. The Bertz CT molecular complexity index is 322. The average molecular weight is 240 g/mol. The van der Waals surface area contributed by atoms with E-state index < -0.39 is 0 Å². The molecule has 0 aliphatic carbocycles. The zero-order valence-electron chi connectivity index (χ0n) is 10.1. The molecule has 90 valence electrons. The lowest BCUT2D eigenvalue weighted by atomic mass is 10.0. The number of nitrogens with zero attached hydrogens (tertiary/aromatic N) is 1. The van der Waals surface area contributed by atoms with Gasteiger partial charge in [-0.15, -0.1) is 11.3 Å². The number of carbonyl (C=O) groups is 1. The Kier molecular flexibility index (Phi) is 4.96. The standard InChI is InChI=1S/C12H20N2OS/c1-9(2)7-11(13)12(15)14(3)8-10-5-4-6-16-10/h4-6,9,11H,7-8,13H2,1-3H3/t11-/m1/s1. The number of rotatable bonds is 5. The minimum absolute atomic E-state index is 0.0297. The van der Waals surface area contributed by atoms with Crippen molar-refractivity contribution in [2.24, 2.45) is 11.7 Å². The molecule has 0 saturated heterocycles. The van der Waals surface area contributed by atoms with E-state index in [1.807, 2.05) is 24.6 Å². The van der Waals surface area contributed by atoms with Crippen LogP contribution in [0.25, 0.3) is 0 Å². The van der Waals surface area contributed by atoms with E-state index in [0.717, 1.165) is 6.42 Å². The number of thiophene rings is 1. The quantitative estimate of drug-likeness (QED) is 0.856. The molecule has 0 bridgehead atoms. The lowest BCUT2D eigenvalue weighted by Crippen LogP contribution is -2.42. The summed E-state index contributed by atoms with van der Waals surface area (Å²) in [4.78, 5) is 14.8. The molecule has 0 spiro atoms. The van der Waals surface area contributed by atoms with Gasteiger partial charge in [-0.05, 0) is 23.8 Å². The molecule has 1 amide bonds. The molecule has 0 aliphatic rings. The second-order valence-electron chi connectivity index (χ2n) is 4.51. The first-order valence-corrected chi connectivity index (χ1v) is 6.41. The largest absolute Gasteiger partial charge is 0.339 e. The van der Waals surface area contributed by atoms with Gasteiger partial charge in [0.1, 0.15) is 0 Å². The van der Waals surface area contributed by atoms with Gasteiger partial charge in [-0.25, -0.2) is 0 Å². The second kappa shape index (κ2) is 6.01. The van der Waals surface area contributed by atoms with Crippen LogP contribution in [0.2, 0.25) is 0 Å². The number of nitrogens with two attached hydrogens (primary N) is 1. The Labute approximate surface area is 101 Å². The van der Waals surface area contributed by atoms with Crippen molar-refractivity contribution in [3.05, 3.63) is 22.4 Å². The van der Waals surface area contributed by atoms with Gasteiger partial charge >= 0.3 is 0 Å². The van der Waals surface area contributed by atoms with E-state index in [1.165, 1.54) is 4.88 Å². The Morgan fingerprint density at radius 1 is 1.56 bits per heavy atom. The third-order valence-electron chi connectivity index (χ3n) is 2.39. The summed E-state index contributed by atoms with van der Waals surface area (Å²) in [5.74, 6) is 0.483. The Hall–Kier alpha value is -0.870. The fraction of sp³-hybridized carbons (Fsp3) is 0.583. The molecule has 3 nitrogen and oxygen atoms in total. The summed E-state index contributed by atoms with van der Waals surface area (Å²) in [7, 11) is 1.81. The van der Waals surface area contributed by atoms with Gasteiger partial charge in [-0.2, -0.15) is 0 Å². The van der Waals surface area contributed by atoms with Gasteiger partial charge < -0.3 is 10.6 Å². The number of carbonyl (C=O) groups excluding carboxylic acids is 1. The molecule has 4 heteroatoms. The molecule has 0 aromatic carbocycles. The first kappa shape index (κ1) is 13.2. The smallest absolute Gasteiger partial charge is 0.239 e. The molecule has 0 unspecified atom stereocenters. The van der Waals surface area contributed by atoms with Crippen molar-refractivity contribution in [3.8, 4) is 0 Å². The molecule has 0 aliphatic heterocycles. The predicted molar refractivity (Wildman–Crippen MR) is 68.2 cm³/mol. The molecule has 1 aromatic heterocycles. The third-order valence-corrected chi connectivity index (χ3v) is 3.25. The lowest BCUT2D eigenvalue weighted by molar-refractivity contribution is -0.132. The van der Waals surface area contributed by atoms with Crippen LogP contribution in [0.15, 0.2) is 17.5 Å². The van der Waals surface area contributed by atoms with E-state index >= 15 is 0 Å². The Morgan fingerprint density at radius 2 is 2.25 bits per heavy atom. The minimum Gasteiger partial charge on any atom is -0.339 e. The van der Waals surface area contributed by atoms with Crippen molar-refractivity contribution in [3.63, 3.8) is 0 Å². The van der Waals surface area contributed by atoms with Crippen molar-refractivity contribution in [1.82, 2.24) is 4.90 Å². The van der Waals surface area contributed by atoms with Crippen molar-refractivity contribution < 1.29 is 4.79 Å². The molecule has 0 fully saturated rings. The molecular formula is C12H20N2OS. The fourth-order valence-corrected chi connectivity index (χ4v) is 2.36. The summed E-state index contributed by atoms with van der Waals surface area (Å²) in [5, 5.41) is 2.02. The number of hydrogen-bond acceptors (Lipinski definition) is 3. The maximum absolute atomic E-state index is 11.9. The van der Waals surface area contributed by atoms with E-state index in [0.29, 0.717) is 12.5 Å². The molecule has 0 saturated carbocycles. The van der Waals surface area contributed by atoms with Gasteiger partial charge in [-0.1, -0.05) is 19.9 Å². The Morgan fingerprint density at radius 3 is 2.75 bits per heavy atom. The van der Waals surface area contributed by atoms with Crippen LogP contribution in [0.1, 0.15) is 25.1 Å². The van der Waals surface area contributed by atoms with Crippen molar-refractivity contribution in [1.29, 1.82) is 0 Å². The highest BCUT2D eigenvalue weighted by atomic mass is 32.1. The molecule has 1 heterocycles. The van der Waals surface area contributed by atoms with Gasteiger partial charge in [0.2, 0.25) is 5.91 Å². The Balaban J connectivity index is 2.47. The van der Waals surface area contributed by atoms with Crippen LogP contribution in [0.4, 0.5) is 0 Å². The summed E-state index contributed by atoms with van der Waals surface area (Å²) in [6.45, 7) is 4.81. The maximum Gasteiger partial charge on any atom is 0.239 e. The van der Waals surface area contributed by atoms with Gasteiger partial charge in [0, 0.05) is 11.9 Å². The summed E-state index contributed by atoms with van der Waals surface area (Å²) >= 11 is 1.66. The average Bonchev–Trinajstić information content (AvgIpc) is 2.68. The van der Waals surface area contributed by atoms with Crippen LogP contribution in [0.3, 0.4) is 0 Å². The highest BCUT2D eigenvalue weighted by molar-refractivity contribution is 7.09. The zero-order chi connectivity index (χ0) is 12.1. The number of amides is 1. The van der Waals surface area contributed by atoms with Gasteiger partial charge in [0.05, 0.1) is 12.6 Å². The van der Waals surface area contributed by atoms with Gasteiger partial charge in [0.25, 0.3) is 0 Å². The van der Waals surface area contributed by atoms with Crippen LogP contribution in [-0.4, -0.2) is 23.9 Å². The van der Waals surface area contributed by atoms with Crippen LogP contribution < -0.4 is 5.73 Å². The highest BCUT2D eigenvalue weighted by Crippen LogP contribution is 2.12. The molecule has 2 N–H and O–H groups in total. The van der Waals surface area contributed by atoms with Gasteiger partial charge in [-0.3, -0.25) is 4.79 Å². The van der Waals surface area contributed by atoms with Crippen LogP contribution >= 0.6 is 11.3 Å². The van der Waals surface area contributed by atoms with E-state index in [1.54, 1.807) is 16.2 Å². The van der Waals surface area contributed by atoms with Crippen molar-refractivity contribution in [2.45, 2.75) is 32.9 Å². The first-order valence-electron chi connectivity index (χ1n) is 5.53. The summed E-state index contributed by atoms with van der Waals surface area (Å²) in [5.41, 5.74) is 5.86. The van der Waals surface area contributed by atoms with E-state index in [-0.39, 0.29) is 11.9 Å². The molecule has 1 rings (SSSR count). The van der Waals surface area contributed by atoms with Crippen molar-refractivity contribution >= 4 is 17.2 Å². The van der Waals surface area contributed by atoms with Crippen LogP contribution in [0, 0.1) is 5.92 Å². The van der Waals surface area contributed by atoms with E-state index in [9.17, 15) is 4.79 Å². The molecule has 0 radical (unpaired) electrons. The van der Waals surface area contributed by atoms with E-state index in [2.05, 4.69) is 13.8 Å². The third kappa shape index (κ3) is 3.94. The highest BCUT2D eigenvalue weighted by Gasteiger charge is 2.19. The minimum atomic E-state index is -0.370. The van der Waals surface area contributed by atoms with Gasteiger partial charge in [0.15, 0.2) is 0 Å². The maximum atomic E-state index is 11.9. The summed E-state index contributed by atoms with van der Waals surface area (Å²) < 4.78 is 0. The topological polar surface area (TPSA) is 46.3 Å². The van der Waals surface area contributed by atoms with E-state index in [4.69, 9.17) is 5.73 Å². The van der Waals surface area contributed by atoms with Crippen molar-refractivity contribution in [2.75, 3.05) is 7.05 Å². The lowest BCUT2D eigenvalue weighted by Gasteiger charge is -2.21.